The second kappa shape index (κ2) is 4.13. The Bertz CT molecular complexity index is 304. The third-order valence-electron chi connectivity index (χ3n) is 1.01. The van der Waals surface area contributed by atoms with Crippen LogP contribution in [0.5, 0.6) is 0 Å². The zero-order valence-corrected chi connectivity index (χ0v) is 8.08. The lowest BCUT2D eigenvalue weighted by molar-refractivity contribution is 1.04. The molecule has 0 aromatic carbocycles. The molecule has 0 atom stereocenters. The van der Waals surface area contributed by atoms with Crippen molar-refractivity contribution in [3.63, 3.8) is 0 Å². The van der Waals surface area contributed by atoms with Crippen molar-refractivity contribution in [3.05, 3.63) is 16.6 Å². The van der Waals surface area contributed by atoms with E-state index in [0.717, 1.165) is 10.6 Å². The van der Waals surface area contributed by atoms with Crippen molar-refractivity contribution in [2.45, 2.75) is 6.92 Å². The third-order valence-corrected chi connectivity index (χ3v) is 1.92. The Kier molecular flexibility index (Phi) is 3.12. The Morgan fingerprint density at radius 1 is 1.92 bits per heavy atom. The Morgan fingerprint density at radius 2 is 2.67 bits per heavy atom. The summed E-state index contributed by atoms with van der Waals surface area (Å²) in [6.07, 6.45) is 1.63. The first kappa shape index (κ1) is 9.08. The second-order valence-electron chi connectivity index (χ2n) is 2.10. The van der Waals surface area contributed by atoms with E-state index in [9.17, 15) is 0 Å². The van der Waals surface area contributed by atoms with Crippen molar-refractivity contribution in [1.82, 2.24) is 9.80 Å². The van der Waals surface area contributed by atoms with Gasteiger partial charge in [-0.05, 0) is 36.7 Å². The average molecular weight is 200 g/mol. The normalized spacial score (nSPS) is 10.4. The SMILES string of the molecule is Cc1cc(C=NNC(N)=S)sn1. The van der Waals surface area contributed by atoms with Crippen LogP contribution in [0.15, 0.2) is 11.2 Å². The zero-order chi connectivity index (χ0) is 8.97. The average Bonchev–Trinajstić information content (AvgIpc) is 2.35. The summed E-state index contributed by atoms with van der Waals surface area (Å²) in [6.45, 7) is 1.93. The van der Waals surface area contributed by atoms with Crippen LogP contribution in [-0.4, -0.2) is 15.7 Å². The first-order valence-electron chi connectivity index (χ1n) is 3.20. The maximum Gasteiger partial charge on any atom is 0.184 e. The quantitative estimate of drug-likeness (QED) is 0.417. The first-order valence-corrected chi connectivity index (χ1v) is 4.38. The lowest BCUT2D eigenvalue weighted by Gasteiger charge is -1.90. The van der Waals surface area contributed by atoms with Crippen LogP contribution in [0.4, 0.5) is 0 Å². The summed E-state index contributed by atoms with van der Waals surface area (Å²) in [6, 6.07) is 1.93. The molecule has 4 nitrogen and oxygen atoms in total. The molecule has 0 aliphatic carbocycles. The largest absolute Gasteiger partial charge is 0.375 e. The number of nitrogens with one attached hydrogen (secondary N) is 1. The highest BCUT2D eigenvalue weighted by atomic mass is 32.1. The van der Waals surface area contributed by atoms with Crippen molar-refractivity contribution in [2.24, 2.45) is 10.8 Å². The molecule has 0 saturated carbocycles. The van der Waals surface area contributed by atoms with Crippen LogP contribution < -0.4 is 11.2 Å². The summed E-state index contributed by atoms with van der Waals surface area (Å²) in [4.78, 5) is 0.969. The van der Waals surface area contributed by atoms with Crippen LogP contribution in [0.1, 0.15) is 10.6 Å². The van der Waals surface area contributed by atoms with Crippen molar-refractivity contribution >= 4 is 35.1 Å². The predicted molar refractivity (Wildman–Crippen MR) is 54.4 cm³/mol. The van der Waals surface area contributed by atoms with Gasteiger partial charge in [0.15, 0.2) is 5.11 Å². The molecule has 1 rings (SSSR count). The molecule has 0 amide bonds. The van der Waals surface area contributed by atoms with Crippen LogP contribution in [0, 0.1) is 6.92 Å². The minimum absolute atomic E-state index is 0.160. The molecule has 1 aromatic heterocycles. The number of hydrogen-bond acceptors (Lipinski definition) is 4. The van der Waals surface area contributed by atoms with Gasteiger partial charge in [0.2, 0.25) is 0 Å². The van der Waals surface area contributed by atoms with Crippen molar-refractivity contribution in [2.75, 3.05) is 0 Å². The van der Waals surface area contributed by atoms with Gasteiger partial charge in [0.25, 0.3) is 0 Å². The molecule has 0 radical (unpaired) electrons. The van der Waals surface area contributed by atoms with E-state index in [-0.39, 0.29) is 5.11 Å². The van der Waals surface area contributed by atoms with E-state index in [1.165, 1.54) is 11.5 Å². The molecule has 3 N–H and O–H groups in total. The topological polar surface area (TPSA) is 63.3 Å². The zero-order valence-electron chi connectivity index (χ0n) is 6.44. The van der Waals surface area contributed by atoms with E-state index >= 15 is 0 Å². The minimum atomic E-state index is 0.160. The number of nitrogens with two attached hydrogens (primary N) is 1. The number of aromatic nitrogens is 1. The number of hydrogen-bond donors (Lipinski definition) is 2. The Balaban J connectivity index is 2.52. The number of nitrogens with zero attached hydrogens (tertiary/aromatic N) is 2. The van der Waals surface area contributed by atoms with E-state index in [4.69, 9.17) is 5.73 Å². The van der Waals surface area contributed by atoms with E-state index in [0.29, 0.717) is 0 Å². The molecule has 1 heterocycles. The first-order chi connectivity index (χ1) is 5.68. The lowest BCUT2D eigenvalue weighted by Crippen LogP contribution is -2.23. The maximum atomic E-state index is 5.16. The number of aryl methyl sites for hydroxylation is 1. The van der Waals surface area contributed by atoms with Crippen LogP contribution in [0.25, 0.3) is 0 Å². The predicted octanol–water partition coefficient (Wildman–Crippen LogP) is 0.619. The summed E-state index contributed by atoms with van der Waals surface area (Å²) < 4.78 is 4.07. The van der Waals surface area contributed by atoms with Gasteiger partial charge in [0, 0.05) is 0 Å². The molecule has 0 aliphatic rings. The summed E-state index contributed by atoms with van der Waals surface area (Å²) >= 11 is 5.93. The maximum absolute atomic E-state index is 5.16. The van der Waals surface area contributed by atoms with Gasteiger partial charge in [0.1, 0.15) is 0 Å². The highest BCUT2D eigenvalue weighted by Crippen LogP contribution is 2.04. The number of hydrazone groups is 1. The smallest absolute Gasteiger partial charge is 0.184 e. The van der Waals surface area contributed by atoms with Gasteiger partial charge in [-0.25, -0.2) is 0 Å². The lowest BCUT2D eigenvalue weighted by atomic mass is 10.4. The molecule has 0 bridgehead atoms. The Labute approximate surface area is 79.6 Å². The van der Waals surface area contributed by atoms with Crippen LogP contribution in [0.2, 0.25) is 0 Å². The number of rotatable bonds is 2. The molecular weight excluding hydrogens is 192 g/mol. The molecule has 0 unspecified atom stereocenters. The molecule has 1 aromatic rings. The molecule has 64 valence electrons. The van der Waals surface area contributed by atoms with Gasteiger partial charge in [-0.3, -0.25) is 5.43 Å². The van der Waals surface area contributed by atoms with Crippen molar-refractivity contribution in [3.8, 4) is 0 Å². The van der Waals surface area contributed by atoms with Gasteiger partial charge >= 0.3 is 0 Å². The van der Waals surface area contributed by atoms with E-state index in [1.807, 2.05) is 13.0 Å². The highest BCUT2D eigenvalue weighted by molar-refractivity contribution is 7.80. The Hall–Kier alpha value is -1.01. The van der Waals surface area contributed by atoms with Crippen LogP contribution in [-0.2, 0) is 0 Å². The molecular formula is C6H8N4S2. The fraction of sp³-hybridized carbons (Fsp3) is 0.167. The van der Waals surface area contributed by atoms with Gasteiger partial charge in [-0.1, -0.05) is 0 Å². The third kappa shape index (κ3) is 2.93. The van der Waals surface area contributed by atoms with Crippen molar-refractivity contribution in [1.29, 1.82) is 0 Å². The summed E-state index contributed by atoms with van der Waals surface area (Å²) in [5.74, 6) is 0. The molecule has 12 heavy (non-hydrogen) atoms. The molecule has 6 heteroatoms. The van der Waals surface area contributed by atoms with Crippen LogP contribution >= 0.6 is 23.8 Å². The monoisotopic (exact) mass is 200 g/mol. The standard InChI is InChI=1S/C6H8N4S2/c1-4-2-5(12-10-4)3-8-9-6(7)11/h2-3H,1H3,(H3,7,9,11). The fourth-order valence-corrected chi connectivity index (χ4v) is 1.28. The summed E-state index contributed by atoms with van der Waals surface area (Å²) in [5.41, 5.74) is 8.60. The highest BCUT2D eigenvalue weighted by Gasteiger charge is 1.92. The minimum Gasteiger partial charge on any atom is -0.375 e. The van der Waals surface area contributed by atoms with Gasteiger partial charge in [-0.15, -0.1) is 0 Å². The molecule has 0 saturated heterocycles. The molecule has 0 spiro atoms. The molecule has 0 fully saturated rings. The Morgan fingerprint density at radius 3 is 3.17 bits per heavy atom. The second-order valence-corrected chi connectivity index (χ2v) is 3.38. The summed E-state index contributed by atoms with van der Waals surface area (Å²) in [5, 5.41) is 3.94. The van der Waals surface area contributed by atoms with Gasteiger partial charge < -0.3 is 5.73 Å². The van der Waals surface area contributed by atoms with Crippen molar-refractivity contribution < 1.29 is 0 Å². The van der Waals surface area contributed by atoms with E-state index in [1.54, 1.807) is 6.21 Å². The van der Waals surface area contributed by atoms with Gasteiger partial charge in [0.05, 0.1) is 16.8 Å². The van der Waals surface area contributed by atoms with E-state index < -0.39 is 0 Å². The fourth-order valence-electron chi connectivity index (χ4n) is 0.604. The number of thiocarbonyl (C=S) groups is 1. The van der Waals surface area contributed by atoms with Crippen LogP contribution in [0.3, 0.4) is 0 Å². The van der Waals surface area contributed by atoms with E-state index in [2.05, 4.69) is 27.1 Å². The summed E-state index contributed by atoms with van der Waals surface area (Å²) in [7, 11) is 0. The van der Waals surface area contributed by atoms with Gasteiger partial charge in [-0.2, -0.15) is 9.47 Å². The molecule has 0 aliphatic heterocycles.